The van der Waals surface area contributed by atoms with Gasteiger partial charge in [-0.1, -0.05) is 114 Å². The number of allylic oxidation sites excluding steroid dienone is 6. The van der Waals surface area contributed by atoms with E-state index in [2.05, 4.69) is 151 Å². The van der Waals surface area contributed by atoms with Gasteiger partial charge in [-0.2, -0.15) is 0 Å². The first-order chi connectivity index (χ1) is 26.2. The van der Waals surface area contributed by atoms with E-state index in [1.807, 2.05) is 12.1 Å². The number of rotatable bonds is 1. The average molecular weight is 725 g/mol. The third kappa shape index (κ3) is 5.87. The van der Waals surface area contributed by atoms with Crippen LogP contribution in [-0.4, -0.2) is 37.4 Å². The summed E-state index contributed by atoms with van der Waals surface area (Å²) in [5.41, 5.74) is 14.4. The number of hydrogen-bond acceptors (Lipinski definition) is 5. The molecule has 2 unspecified atom stereocenters. The lowest BCUT2D eigenvalue weighted by atomic mass is 9.78. The lowest BCUT2D eigenvalue weighted by Gasteiger charge is -2.30. The van der Waals surface area contributed by atoms with Crippen LogP contribution in [0.15, 0.2) is 125 Å². The summed E-state index contributed by atoms with van der Waals surface area (Å²) < 4.78 is 0. The Labute approximate surface area is 322 Å². The number of nitrogens with one attached hydrogen (secondary N) is 2. The van der Waals surface area contributed by atoms with Crippen molar-refractivity contribution in [3.8, 4) is 0 Å². The van der Waals surface area contributed by atoms with Gasteiger partial charge in [0.2, 0.25) is 0 Å². The second-order valence-corrected chi connectivity index (χ2v) is 17.6. The average Bonchev–Trinajstić information content (AvgIpc) is 3.83. The Bertz CT molecular complexity index is 2800. The van der Waals surface area contributed by atoms with Gasteiger partial charge in [-0.15, -0.1) is 0 Å². The number of fused-ring (bicyclic) bond motifs is 12. The zero-order valence-corrected chi connectivity index (χ0v) is 32.9. The van der Waals surface area contributed by atoms with Crippen molar-refractivity contribution in [1.82, 2.24) is 20.3 Å². The van der Waals surface area contributed by atoms with Gasteiger partial charge in [-0.25, -0.2) is 9.97 Å². The zero-order valence-electron chi connectivity index (χ0n) is 32.9. The predicted octanol–water partition coefficient (Wildman–Crippen LogP) is 8.38. The quantitative estimate of drug-likeness (QED) is 0.130. The number of benzene rings is 2. The SMILES string of the molecule is Cc1cccc(C)c1C1=c2ccc([nH]2)=C2C=C(C(C)(C)C)C=C(c3ccc4ccc5ccc(nc5c4n3)C3=CC(C(C)(C)C)=CC(=C4CC=C1N4)C3O)C2O. The predicted molar refractivity (Wildman–Crippen MR) is 225 cm³/mol. The summed E-state index contributed by atoms with van der Waals surface area (Å²) in [6.45, 7) is 17.5. The molecule has 0 fully saturated rings. The first kappa shape index (κ1) is 35.2. The lowest BCUT2D eigenvalue weighted by molar-refractivity contribution is 0.267. The molecule has 0 radical (unpaired) electrons. The third-order valence-corrected chi connectivity index (χ3v) is 11.7. The fourth-order valence-corrected chi connectivity index (χ4v) is 8.42. The zero-order chi connectivity index (χ0) is 38.6. The molecule has 0 saturated heterocycles. The van der Waals surface area contributed by atoms with Crippen LogP contribution in [0.2, 0.25) is 0 Å². The molecule has 9 rings (SSSR count). The molecule has 2 atom stereocenters. The van der Waals surface area contributed by atoms with Crippen molar-refractivity contribution in [3.05, 3.63) is 164 Å². The molecule has 2 aromatic carbocycles. The van der Waals surface area contributed by atoms with E-state index in [9.17, 15) is 10.2 Å². The number of hydrogen-bond donors (Lipinski definition) is 4. The molecule has 4 aliphatic rings. The molecule has 0 saturated carbocycles. The van der Waals surface area contributed by atoms with Gasteiger partial charge in [0.05, 0.1) is 22.4 Å². The lowest BCUT2D eigenvalue weighted by Crippen LogP contribution is -2.27. The highest BCUT2D eigenvalue weighted by molar-refractivity contribution is 6.04. The minimum Gasteiger partial charge on any atom is -0.384 e. The normalized spacial score (nSPS) is 19.9. The van der Waals surface area contributed by atoms with E-state index in [0.717, 1.165) is 88.5 Å². The molecular formula is C49H48N4O2. The highest BCUT2D eigenvalue weighted by atomic mass is 16.3. The molecule has 55 heavy (non-hydrogen) atoms. The summed E-state index contributed by atoms with van der Waals surface area (Å²) in [6.07, 6.45) is 9.58. The van der Waals surface area contributed by atoms with Crippen molar-refractivity contribution in [2.24, 2.45) is 10.8 Å². The maximum Gasteiger partial charge on any atom is 0.108 e. The molecule has 0 spiro atoms. The van der Waals surface area contributed by atoms with E-state index in [-0.39, 0.29) is 10.8 Å². The van der Waals surface area contributed by atoms with Crippen LogP contribution in [0, 0.1) is 24.7 Å². The standard InChI is InChI=1S/C49H48N4O2/c1-26-10-9-11-27(2)42(26)43-40-20-18-36(50-40)32-22-30(48(3,4)5)24-34(46(32)54)38-16-14-28-12-13-29-15-17-39(53-45(29)44(28)52-38)35-25-31(49(6,7)8)23-33(47(35)55)37-19-21-41(43)51-37/h9-18,20-25,46-47,50-51,54-55H,19H2,1-8H3. The molecule has 0 amide bonds. The van der Waals surface area contributed by atoms with Gasteiger partial charge in [0.1, 0.15) is 12.2 Å². The fraction of sp³-hybridized carbons (Fsp3) is 0.265. The Morgan fingerprint density at radius 3 is 1.69 bits per heavy atom. The Balaban J connectivity index is 1.40. The molecule has 276 valence electrons. The number of aromatic amines is 1. The van der Waals surface area contributed by atoms with Crippen LogP contribution < -0.4 is 16.0 Å². The van der Waals surface area contributed by atoms with Crippen LogP contribution >= 0.6 is 0 Å². The van der Waals surface area contributed by atoms with Gasteiger partial charge in [0, 0.05) is 67.2 Å². The topological polar surface area (TPSA) is 94.1 Å². The van der Waals surface area contributed by atoms with Gasteiger partial charge < -0.3 is 20.5 Å². The Morgan fingerprint density at radius 2 is 1.13 bits per heavy atom. The molecule has 12 bridgehead atoms. The van der Waals surface area contributed by atoms with Crippen molar-refractivity contribution < 1.29 is 10.2 Å². The van der Waals surface area contributed by atoms with E-state index >= 15 is 0 Å². The monoisotopic (exact) mass is 724 g/mol. The van der Waals surface area contributed by atoms with E-state index in [4.69, 9.17) is 9.97 Å². The van der Waals surface area contributed by atoms with Gasteiger partial charge in [0.25, 0.3) is 0 Å². The number of pyridine rings is 2. The van der Waals surface area contributed by atoms with E-state index in [0.29, 0.717) is 17.8 Å². The second kappa shape index (κ2) is 12.5. The van der Waals surface area contributed by atoms with Crippen LogP contribution in [0.3, 0.4) is 0 Å². The van der Waals surface area contributed by atoms with Crippen molar-refractivity contribution in [2.75, 3.05) is 0 Å². The maximum atomic E-state index is 12.3. The molecule has 5 heterocycles. The summed E-state index contributed by atoms with van der Waals surface area (Å²) in [7, 11) is 0. The minimum atomic E-state index is -0.923. The summed E-state index contributed by atoms with van der Waals surface area (Å²) in [5, 5.41) is 32.2. The first-order valence-corrected chi connectivity index (χ1v) is 19.3. The second-order valence-electron chi connectivity index (χ2n) is 17.6. The number of aliphatic hydroxyl groups excluding tert-OH is 2. The third-order valence-electron chi connectivity index (χ3n) is 11.7. The summed E-state index contributed by atoms with van der Waals surface area (Å²) in [4.78, 5) is 14.3. The molecule has 5 aromatic rings. The molecule has 6 nitrogen and oxygen atoms in total. The van der Waals surface area contributed by atoms with Gasteiger partial charge in [0.15, 0.2) is 0 Å². The smallest absolute Gasteiger partial charge is 0.108 e. The summed E-state index contributed by atoms with van der Waals surface area (Å²) >= 11 is 0. The largest absolute Gasteiger partial charge is 0.384 e. The number of nitrogens with zero attached hydrogens (tertiary/aromatic N) is 2. The molecule has 2 aliphatic heterocycles. The summed E-state index contributed by atoms with van der Waals surface area (Å²) in [6, 6.07) is 22.9. The Hall–Kier alpha value is -5.56. The van der Waals surface area contributed by atoms with E-state index in [1.54, 1.807) is 0 Å². The van der Waals surface area contributed by atoms with Gasteiger partial charge in [-0.05, 0) is 76.8 Å². The fourth-order valence-electron chi connectivity index (χ4n) is 8.42. The molecule has 4 N–H and O–H groups in total. The van der Waals surface area contributed by atoms with Crippen molar-refractivity contribution in [1.29, 1.82) is 0 Å². The molecular weight excluding hydrogens is 677 g/mol. The van der Waals surface area contributed by atoms with Crippen molar-refractivity contribution in [3.63, 3.8) is 0 Å². The van der Waals surface area contributed by atoms with Crippen LogP contribution in [-0.2, 0) is 0 Å². The van der Waals surface area contributed by atoms with E-state index < -0.39 is 12.2 Å². The van der Waals surface area contributed by atoms with E-state index in [1.165, 1.54) is 11.1 Å². The first-order valence-electron chi connectivity index (χ1n) is 19.3. The number of aliphatic hydroxyl groups is 2. The van der Waals surface area contributed by atoms with Crippen LogP contribution in [0.5, 0.6) is 0 Å². The van der Waals surface area contributed by atoms with Gasteiger partial charge in [-0.3, -0.25) is 0 Å². The van der Waals surface area contributed by atoms with Crippen LogP contribution in [0.4, 0.5) is 0 Å². The Kier molecular flexibility index (Phi) is 7.98. The van der Waals surface area contributed by atoms with Crippen molar-refractivity contribution in [2.45, 2.75) is 74.0 Å². The minimum absolute atomic E-state index is 0.179. The van der Waals surface area contributed by atoms with Crippen molar-refractivity contribution >= 4 is 44.1 Å². The van der Waals surface area contributed by atoms with Gasteiger partial charge >= 0.3 is 0 Å². The summed E-state index contributed by atoms with van der Waals surface area (Å²) in [5.74, 6) is 0. The van der Waals surface area contributed by atoms with Crippen LogP contribution in [0.1, 0.15) is 76.0 Å². The molecule has 3 aromatic heterocycles. The number of H-pyrrole nitrogens is 1. The number of aryl methyl sites for hydroxylation is 2. The van der Waals surface area contributed by atoms with Crippen LogP contribution in [0.25, 0.3) is 44.1 Å². The highest BCUT2D eigenvalue weighted by Gasteiger charge is 2.32. The molecule has 2 aliphatic carbocycles. The highest BCUT2D eigenvalue weighted by Crippen LogP contribution is 2.42. The Morgan fingerprint density at radius 1 is 0.618 bits per heavy atom. The maximum absolute atomic E-state index is 12.3. The number of aromatic nitrogens is 3. The molecule has 6 heteroatoms.